The van der Waals surface area contributed by atoms with Crippen LogP contribution < -0.4 is 15.9 Å². The van der Waals surface area contributed by atoms with Crippen molar-refractivity contribution >= 4 is 16.9 Å². The van der Waals surface area contributed by atoms with Gasteiger partial charge in [-0.05, 0) is 30.2 Å². The highest BCUT2D eigenvalue weighted by molar-refractivity contribution is 5.89. The minimum atomic E-state index is -0.793. The monoisotopic (exact) mass is 385 g/mol. The van der Waals surface area contributed by atoms with Gasteiger partial charge >= 0.3 is 5.97 Å². The highest BCUT2D eigenvalue weighted by Crippen LogP contribution is 2.40. The van der Waals surface area contributed by atoms with Crippen LogP contribution in [-0.4, -0.2) is 27.3 Å². The predicted octanol–water partition coefficient (Wildman–Crippen LogP) is 2.47. The summed E-state index contributed by atoms with van der Waals surface area (Å²) in [7, 11) is 0. The maximum atomic E-state index is 12.3. The number of nitrogens with two attached hydrogens (primary N) is 1. The van der Waals surface area contributed by atoms with Gasteiger partial charge in [0.1, 0.15) is 28.5 Å². The third-order valence-electron chi connectivity index (χ3n) is 4.29. The molecule has 0 aliphatic heterocycles. The van der Waals surface area contributed by atoms with Crippen LogP contribution in [0.25, 0.3) is 22.3 Å². The Morgan fingerprint density at radius 1 is 1.07 bits per heavy atom. The lowest BCUT2D eigenvalue weighted by molar-refractivity contribution is -0.136. The molecule has 0 spiro atoms. The second kappa shape index (κ2) is 7.24. The molecule has 0 bridgehead atoms. The van der Waals surface area contributed by atoms with E-state index in [0.717, 1.165) is 12.1 Å². The molecule has 1 atom stereocenters. The van der Waals surface area contributed by atoms with Crippen molar-refractivity contribution < 1.29 is 29.3 Å². The molecular formula is C20H19NO7. The molecule has 8 heteroatoms. The largest absolute Gasteiger partial charge is 0.504 e. The highest BCUT2D eigenvalue weighted by Gasteiger charge is 2.20. The molecule has 8 nitrogen and oxygen atoms in total. The summed E-state index contributed by atoms with van der Waals surface area (Å²) in [6.45, 7) is 3.62. The first-order chi connectivity index (χ1) is 13.2. The van der Waals surface area contributed by atoms with E-state index in [4.69, 9.17) is 14.9 Å². The van der Waals surface area contributed by atoms with Crippen molar-refractivity contribution in [1.29, 1.82) is 0 Å². The number of hydrogen-bond donors (Lipinski definition) is 4. The van der Waals surface area contributed by atoms with Crippen molar-refractivity contribution in [2.45, 2.75) is 19.9 Å². The van der Waals surface area contributed by atoms with E-state index < -0.39 is 34.7 Å². The van der Waals surface area contributed by atoms with Crippen LogP contribution in [0.2, 0.25) is 0 Å². The van der Waals surface area contributed by atoms with Gasteiger partial charge in [-0.2, -0.15) is 0 Å². The topological polar surface area (TPSA) is 143 Å². The van der Waals surface area contributed by atoms with Gasteiger partial charge in [0.2, 0.25) is 5.75 Å². The summed E-state index contributed by atoms with van der Waals surface area (Å²) in [6.07, 6.45) is 0. The van der Waals surface area contributed by atoms with E-state index in [9.17, 15) is 24.9 Å². The van der Waals surface area contributed by atoms with Gasteiger partial charge in [0.05, 0.1) is 0 Å². The van der Waals surface area contributed by atoms with Crippen molar-refractivity contribution in [2.75, 3.05) is 0 Å². The summed E-state index contributed by atoms with van der Waals surface area (Å²) in [5.41, 5.74) is 5.57. The molecule has 3 rings (SSSR count). The van der Waals surface area contributed by atoms with E-state index in [-0.39, 0.29) is 28.4 Å². The Kier molecular flexibility index (Phi) is 4.98. The molecule has 146 valence electrons. The van der Waals surface area contributed by atoms with Gasteiger partial charge in [0, 0.05) is 17.7 Å². The molecule has 0 unspecified atom stereocenters. The Morgan fingerprint density at radius 3 is 2.32 bits per heavy atom. The number of rotatable bonds is 4. The zero-order valence-electron chi connectivity index (χ0n) is 15.2. The Labute approximate surface area is 159 Å². The van der Waals surface area contributed by atoms with E-state index in [1.807, 2.05) is 13.8 Å². The Bertz CT molecular complexity index is 1100. The van der Waals surface area contributed by atoms with Gasteiger partial charge in [-0.3, -0.25) is 4.79 Å². The minimum absolute atomic E-state index is 0.0640. The standard InChI is InChI=1S/C20H19NO7/c1-9(2)17(21)20(26)27-11-5-3-10(4-6-11)14-7-12(22)16-15(28-14)8-13(23)18(24)19(16)25/h3-9,17,23-25H,21H2,1-2H3/t17-/m0/s1. The van der Waals surface area contributed by atoms with Crippen LogP contribution in [0.5, 0.6) is 23.0 Å². The van der Waals surface area contributed by atoms with Crippen molar-refractivity contribution in [3.63, 3.8) is 0 Å². The fraction of sp³-hybridized carbons (Fsp3) is 0.200. The molecule has 0 radical (unpaired) electrons. The smallest absolute Gasteiger partial charge is 0.328 e. The molecule has 0 fully saturated rings. The normalized spacial score (nSPS) is 12.3. The lowest BCUT2D eigenvalue weighted by Gasteiger charge is -2.14. The average molecular weight is 385 g/mol. The summed E-state index contributed by atoms with van der Waals surface area (Å²) in [6, 6.07) is 7.65. The number of carbonyl (C=O) groups excluding carboxylic acids is 1. The van der Waals surface area contributed by atoms with Gasteiger partial charge in [-0.15, -0.1) is 0 Å². The first-order valence-electron chi connectivity index (χ1n) is 8.48. The maximum Gasteiger partial charge on any atom is 0.328 e. The summed E-state index contributed by atoms with van der Waals surface area (Å²) in [4.78, 5) is 24.2. The zero-order valence-corrected chi connectivity index (χ0v) is 15.2. The van der Waals surface area contributed by atoms with E-state index in [1.165, 1.54) is 12.1 Å². The van der Waals surface area contributed by atoms with Crippen molar-refractivity contribution in [1.82, 2.24) is 0 Å². The average Bonchev–Trinajstić information content (AvgIpc) is 2.65. The van der Waals surface area contributed by atoms with E-state index in [1.54, 1.807) is 12.1 Å². The Balaban J connectivity index is 1.94. The van der Waals surface area contributed by atoms with E-state index in [0.29, 0.717) is 5.56 Å². The molecular weight excluding hydrogens is 366 g/mol. The second-order valence-corrected chi connectivity index (χ2v) is 6.66. The van der Waals surface area contributed by atoms with Gasteiger partial charge in [0.25, 0.3) is 0 Å². The number of phenols is 3. The van der Waals surface area contributed by atoms with Crippen LogP contribution in [0.1, 0.15) is 13.8 Å². The molecule has 2 aromatic carbocycles. The third kappa shape index (κ3) is 3.49. The molecule has 0 saturated heterocycles. The van der Waals surface area contributed by atoms with Gasteiger partial charge in [-0.25, -0.2) is 4.79 Å². The summed E-state index contributed by atoms with van der Waals surface area (Å²) >= 11 is 0. The molecule has 1 aromatic heterocycles. The maximum absolute atomic E-state index is 12.3. The SMILES string of the molecule is CC(C)[C@H](N)C(=O)Oc1ccc(-c2cc(=O)c3c(O)c(O)c(O)cc3o2)cc1. The number of ether oxygens (including phenoxy) is 1. The lowest BCUT2D eigenvalue weighted by atomic mass is 10.1. The number of hydrogen-bond acceptors (Lipinski definition) is 8. The second-order valence-electron chi connectivity index (χ2n) is 6.66. The van der Waals surface area contributed by atoms with Crippen molar-refractivity contribution in [2.24, 2.45) is 11.7 Å². The Hall–Kier alpha value is -3.52. The number of carbonyl (C=O) groups is 1. The first-order valence-corrected chi connectivity index (χ1v) is 8.48. The van der Waals surface area contributed by atoms with Crippen LogP contribution in [-0.2, 0) is 4.79 Å². The molecule has 28 heavy (non-hydrogen) atoms. The fourth-order valence-corrected chi connectivity index (χ4v) is 2.56. The van der Waals surface area contributed by atoms with Crippen LogP contribution in [0.3, 0.4) is 0 Å². The van der Waals surface area contributed by atoms with Crippen molar-refractivity contribution in [3.05, 3.63) is 46.6 Å². The van der Waals surface area contributed by atoms with Crippen LogP contribution >= 0.6 is 0 Å². The van der Waals surface area contributed by atoms with E-state index in [2.05, 4.69) is 0 Å². The molecule has 5 N–H and O–H groups in total. The molecule has 0 aliphatic carbocycles. The quantitative estimate of drug-likeness (QED) is 0.305. The first kappa shape index (κ1) is 19.2. The zero-order chi connectivity index (χ0) is 20.6. The number of benzene rings is 2. The molecule has 0 amide bonds. The summed E-state index contributed by atoms with van der Waals surface area (Å²) in [5, 5.41) is 28.8. The van der Waals surface area contributed by atoms with Gasteiger partial charge < -0.3 is 30.2 Å². The van der Waals surface area contributed by atoms with Crippen molar-refractivity contribution in [3.8, 4) is 34.3 Å². The number of phenolic OH excluding ortho intramolecular Hbond substituents is 3. The van der Waals surface area contributed by atoms with Gasteiger partial charge in [-0.1, -0.05) is 13.8 Å². The number of fused-ring (bicyclic) bond motifs is 1. The number of esters is 1. The molecule has 0 saturated carbocycles. The molecule has 3 aromatic rings. The van der Waals surface area contributed by atoms with E-state index >= 15 is 0 Å². The van der Waals surface area contributed by atoms with Crippen LogP contribution in [0.4, 0.5) is 0 Å². The highest BCUT2D eigenvalue weighted by atomic mass is 16.5. The van der Waals surface area contributed by atoms with Crippen LogP contribution in [0.15, 0.2) is 45.6 Å². The van der Waals surface area contributed by atoms with Crippen LogP contribution in [0, 0.1) is 5.92 Å². The molecule has 1 heterocycles. The fourth-order valence-electron chi connectivity index (χ4n) is 2.56. The minimum Gasteiger partial charge on any atom is -0.504 e. The summed E-state index contributed by atoms with van der Waals surface area (Å²) in [5.74, 6) is -2.32. The Morgan fingerprint density at radius 2 is 1.71 bits per heavy atom. The number of aromatic hydroxyl groups is 3. The third-order valence-corrected chi connectivity index (χ3v) is 4.29. The van der Waals surface area contributed by atoms with Gasteiger partial charge in [0.15, 0.2) is 16.9 Å². The lowest BCUT2D eigenvalue weighted by Crippen LogP contribution is -2.38. The predicted molar refractivity (Wildman–Crippen MR) is 101 cm³/mol. The summed E-state index contributed by atoms with van der Waals surface area (Å²) < 4.78 is 10.8. The molecule has 0 aliphatic rings.